The predicted molar refractivity (Wildman–Crippen MR) is 81.6 cm³/mol. The standard InChI is InChI=1S/C14H27N3OS/c1-2-17-7-4-3-5-13(17)10-16-14(18)9-12-11-19-8-6-15-12/h12-13,15H,2-11H2,1H3,(H,16,18). The second-order valence-electron chi connectivity index (χ2n) is 5.51. The Morgan fingerprint density at radius 3 is 3.11 bits per heavy atom. The van der Waals surface area contributed by atoms with Crippen molar-refractivity contribution in [1.29, 1.82) is 0 Å². The molecule has 2 saturated heterocycles. The number of thioether (sulfide) groups is 1. The maximum absolute atomic E-state index is 12.0. The average Bonchev–Trinajstić information content (AvgIpc) is 2.46. The van der Waals surface area contributed by atoms with Gasteiger partial charge in [0.15, 0.2) is 0 Å². The van der Waals surface area contributed by atoms with Gasteiger partial charge in [-0.15, -0.1) is 0 Å². The van der Waals surface area contributed by atoms with Gasteiger partial charge in [-0.25, -0.2) is 0 Å². The third-order valence-electron chi connectivity index (χ3n) is 4.12. The molecule has 2 heterocycles. The molecular weight excluding hydrogens is 258 g/mol. The van der Waals surface area contributed by atoms with Crippen molar-refractivity contribution in [2.45, 2.75) is 44.7 Å². The molecule has 0 aliphatic carbocycles. The number of piperidine rings is 1. The Morgan fingerprint density at radius 1 is 1.47 bits per heavy atom. The maximum Gasteiger partial charge on any atom is 0.221 e. The SMILES string of the molecule is CCN1CCCCC1CNC(=O)CC1CSCCN1. The first kappa shape index (κ1) is 15.1. The first-order valence-electron chi connectivity index (χ1n) is 7.61. The number of rotatable bonds is 5. The van der Waals surface area contributed by atoms with E-state index >= 15 is 0 Å². The Morgan fingerprint density at radius 2 is 2.37 bits per heavy atom. The average molecular weight is 285 g/mol. The minimum absolute atomic E-state index is 0.210. The number of likely N-dealkylation sites (tertiary alicyclic amines) is 1. The molecule has 5 heteroatoms. The van der Waals surface area contributed by atoms with Crippen LogP contribution in [0.1, 0.15) is 32.6 Å². The lowest BCUT2D eigenvalue weighted by Crippen LogP contribution is -2.48. The fourth-order valence-electron chi connectivity index (χ4n) is 2.99. The molecule has 2 atom stereocenters. The largest absolute Gasteiger partial charge is 0.354 e. The van der Waals surface area contributed by atoms with Gasteiger partial charge in [-0.3, -0.25) is 9.69 Å². The van der Waals surface area contributed by atoms with Crippen LogP contribution in [0.15, 0.2) is 0 Å². The molecule has 2 unspecified atom stereocenters. The fourth-order valence-corrected chi connectivity index (χ4v) is 3.93. The van der Waals surface area contributed by atoms with E-state index in [1.807, 2.05) is 11.8 Å². The summed E-state index contributed by atoms with van der Waals surface area (Å²) < 4.78 is 0. The highest BCUT2D eigenvalue weighted by Crippen LogP contribution is 2.16. The highest BCUT2D eigenvalue weighted by molar-refractivity contribution is 7.99. The Hall–Kier alpha value is -0.260. The molecule has 0 bridgehead atoms. The van der Waals surface area contributed by atoms with Crippen LogP contribution < -0.4 is 10.6 Å². The summed E-state index contributed by atoms with van der Waals surface area (Å²) in [5, 5.41) is 6.55. The Kier molecular flexibility index (Phi) is 6.47. The molecule has 4 nitrogen and oxygen atoms in total. The van der Waals surface area contributed by atoms with Crippen LogP contribution in [0.5, 0.6) is 0 Å². The zero-order valence-corrected chi connectivity index (χ0v) is 12.8. The lowest BCUT2D eigenvalue weighted by Gasteiger charge is -2.35. The van der Waals surface area contributed by atoms with Gasteiger partial charge in [-0.1, -0.05) is 13.3 Å². The number of carbonyl (C=O) groups excluding carboxylic acids is 1. The van der Waals surface area contributed by atoms with Crippen LogP contribution >= 0.6 is 11.8 Å². The zero-order valence-electron chi connectivity index (χ0n) is 12.0. The molecule has 1 amide bonds. The number of nitrogens with zero attached hydrogens (tertiary/aromatic N) is 1. The molecule has 0 aromatic carbocycles. The van der Waals surface area contributed by atoms with E-state index in [0.29, 0.717) is 18.5 Å². The summed E-state index contributed by atoms with van der Waals surface area (Å²) >= 11 is 1.94. The molecular formula is C14H27N3OS. The summed E-state index contributed by atoms with van der Waals surface area (Å²) in [4.78, 5) is 14.5. The highest BCUT2D eigenvalue weighted by atomic mass is 32.2. The Labute approximate surface area is 121 Å². The maximum atomic E-state index is 12.0. The van der Waals surface area contributed by atoms with E-state index in [-0.39, 0.29) is 5.91 Å². The summed E-state index contributed by atoms with van der Waals surface area (Å²) in [5.74, 6) is 2.45. The van der Waals surface area contributed by atoms with Gasteiger partial charge in [0.1, 0.15) is 0 Å². The lowest BCUT2D eigenvalue weighted by atomic mass is 10.0. The molecule has 2 aliphatic rings. The van der Waals surface area contributed by atoms with Crippen LogP contribution in [-0.4, -0.2) is 60.6 Å². The van der Waals surface area contributed by atoms with E-state index < -0.39 is 0 Å². The van der Waals surface area contributed by atoms with Gasteiger partial charge in [0.25, 0.3) is 0 Å². The number of nitrogens with one attached hydrogen (secondary N) is 2. The third-order valence-corrected chi connectivity index (χ3v) is 5.25. The number of amides is 1. The van der Waals surface area contributed by atoms with E-state index in [2.05, 4.69) is 22.5 Å². The predicted octanol–water partition coefficient (Wildman–Crippen LogP) is 1.07. The Bertz CT molecular complexity index is 282. The van der Waals surface area contributed by atoms with Crippen LogP contribution in [0.4, 0.5) is 0 Å². The lowest BCUT2D eigenvalue weighted by molar-refractivity contribution is -0.121. The minimum atomic E-state index is 0.210. The Balaban J connectivity index is 1.67. The summed E-state index contributed by atoms with van der Waals surface area (Å²) in [7, 11) is 0. The number of likely N-dealkylation sites (N-methyl/N-ethyl adjacent to an activating group) is 1. The minimum Gasteiger partial charge on any atom is -0.354 e. The van der Waals surface area contributed by atoms with Crippen molar-refractivity contribution in [3.8, 4) is 0 Å². The van der Waals surface area contributed by atoms with Crippen molar-refractivity contribution in [3.63, 3.8) is 0 Å². The normalized spacial score (nSPS) is 29.1. The molecule has 19 heavy (non-hydrogen) atoms. The van der Waals surface area contributed by atoms with Crippen LogP contribution in [0.3, 0.4) is 0 Å². The number of hydrogen-bond acceptors (Lipinski definition) is 4. The first-order valence-corrected chi connectivity index (χ1v) is 8.77. The highest BCUT2D eigenvalue weighted by Gasteiger charge is 2.22. The van der Waals surface area contributed by atoms with Gasteiger partial charge in [0.2, 0.25) is 5.91 Å². The van der Waals surface area contributed by atoms with Gasteiger partial charge in [0, 0.05) is 43.1 Å². The second kappa shape index (κ2) is 8.12. The third kappa shape index (κ3) is 4.97. The molecule has 0 aromatic heterocycles. The van der Waals surface area contributed by atoms with Gasteiger partial charge >= 0.3 is 0 Å². The molecule has 2 rings (SSSR count). The topological polar surface area (TPSA) is 44.4 Å². The molecule has 0 aromatic rings. The molecule has 0 spiro atoms. The molecule has 110 valence electrons. The number of hydrogen-bond donors (Lipinski definition) is 2. The van der Waals surface area contributed by atoms with Gasteiger partial charge in [-0.2, -0.15) is 11.8 Å². The van der Waals surface area contributed by atoms with Gasteiger partial charge in [0.05, 0.1) is 0 Å². The summed E-state index contributed by atoms with van der Waals surface area (Å²) in [5.41, 5.74) is 0. The molecule has 2 fully saturated rings. The second-order valence-corrected chi connectivity index (χ2v) is 6.66. The quantitative estimate of drug-likeness (QED) is 0.793. The number of carbonyl (C=O) groups is 1. The summed E-state index contributed by atoms with van der Waals surface area (Å²) in [6, 6.07) is 0.920. The van der Waals surface area contributed by atoms with Crippen molar-refractivity contribution in [3.05, 3.63) is 0 Å². The van der Waals surface area contributed by atoms with Crippen LogP contribution in [0.2, 0.25) is 0 Å². The summed E-state index contributed by atoms with van der Waals surface area (Å²) in [6.07, 6.45) is 4.47. The van der Waals surface area contributed by atoms with Crippen LogP contribution in [0, 0.1) is 0 Å². The van der Waals surface area contributed by atoms with E-state index in [1.165, 1.54) is 31.6 Å². The van der Waals surface area contributed by atoms with E-state index in [4.69, 9.17) is 0 Å². The first-order chi connectivity index (χ1) is 9.29. The fraction of sp³-hybridized carbons (Fsp3) is 0.929. The van der Waals surface area contributed by atoms with E-state index in [9.17, 15) is 4.79 Å². The zero-order chi connectivity index (χ0) is 13.5. The van der Waals surface area contributed by atoms with Gasteiger partial charge < -0.3 is 10.6 Å². The van der Waals surface area contributed by atoms with E-state index in [0.717, 1.165) is 25.4 Å². The summed E-state index contributed by atoms with van der Waals surface area (Å²) in [6.45, 7) is 6.36. The van der Waals surface area contributed by atoms with Crippen molar-refractivity contribution < 1.29 is 4.79 Å². The smallest absolute Gasteiger partial charge is 0.221 e. The van der Waals surface area contributed by atoms with Crippen LogP contribution in [0.25, 0.3) is 0 Å². The monoisotopic (exact) mass is 285 g/mol. The van der Waals surface area contributed by atoms with Crippen molar-refractivity contribution in [2.75, 3.05) is 37.7 Å². The molecule has 2 N–H and O–H groups in total. The van der Waals surface area contributed by atoms with Crippen molar-refractivity contribution in [1.82, 2.24) is 15.5 Å². The molecule has 0 saturated carbocycles. The van der Waals surface area contributed by atoms with Crippen LogP contribution in [-0.2, 0) is 4.79 Å². The molecule has 2 aliphatic heterocycles. The van der Waals surface area contributed by atoms with Crippen molar-refractivity contribution >= 4 is 17.7 Å². The van der Waals surface area contributed by atoms with E-state index in [1.54, 1.807) is 0 Å². The van der Waals surface area contributed by atoms with Crippen molar-refractivity contribution in [2.24, 2.45) is 0 Å². The van der Waals surface area contributed by atoms with Gasteiger partial charge in [-0.05, 0) is 25.9 Å². The molecule has 0 radical (unpaired) electrons.